The average molecular weight is 421 g/mol. The molecule has 26 heavy (non-hydrogen) atoms. The molecular weight excluding hydrogens is 396 g/mol. The SMILES string of the molecule is CC1CC(c2cccc3c2c(C(N)=O)nn3C2CCCCO2)C(Br)CN1. The van der Waals surface area contributed by atoms with Crippen molar-refractivity contribution < 1.29 is 9.53 Å². The summed E-state index contributed by atoms with van der Waals surface area (Å²) in [6.07, 6.45) is 3.96. The van der Waals surface area contributed by atoms with E-state index in [1.807, 2.05) is 10.7 Å². The van der Waals surface area contributed by atoms with Gasteiger partial charge in [0.1, 0.15) is 0 Å². The Bertz CT molecular complexity index is 815. The summed E-state index contributed by atoms with van der Waals surface area (Å²) in [5.41, 5.74) is 8.15. The number of amides is 1. The molecule has 3 N–H and O–H groups in total. The van der Waals surface area contributed by atoms with Crippen molar-refractivity contribution in [2.45, 2.75) is 55.6 Å². The molecule has 2 aromatic rings. The summed E-state index contributed by atoms with van der Waals surface area (Å²) >= 11 is 3.82. The topological polar surface area (TPSA) is 82.2 Å². The molecule has 1 amide bonds. The van der Waals surface area contributed by atoms with Gasteiger partial charge in [-0.3, -0.25) is 4.79 Å². The fraction of sp³-hybridized carbons (Fsp3) is 0.579. The van der Waals surface area contributed by atoms with Crippen molar-refractivity contribution in [1.82, 2.24) is 15.1 Å². The molecule has 6 nitrogen and oxygen atoms in total. The van der Waals surface area contributed by atoms with Crippen LogP contribution in [0, 0.1) is 0 Å². The van der Waals surface area contributed by atoms with Crippen molar-refractivity contribution in [2.24, 2.45) is 5.73 Å². The quantitative estimate of drug-likeness (QED) is 0.747. The summed E-state index contributed by atoms with van der Waals surface area (Å²) in [6.45, 7) is 3.82. The normalized spacial score (nSPS) is 29.8. The van der Waals surface area contributed by atoms with Crippen LogP contribution in [0.3, 0.4) is 0 Å². The number of benzene rings is 1. The fourth-order valence-corrected chi connectivity index (χ4v) is 4.91. The Labute approximate surface area is 161 Å². The molecule has 2 aliphatic rings. The standard InChI is InChI=1S/C19H25BrN4O2/c1-11-9-13(14(20)10-22-11)12-5-4-6-15-17(12)18(19(21)25)23-24(15)16-7-2-3-8-26-16/h4-6,11,13-14,16,22H,2-3,7-10H2,1H3,(H2,21,25). The first kappa shape index (κ1) is 17.9. The van der Waals surface area contributed by atoms with Crippen molar-refractivity contribution in [3.8, 4) is 0 Å². The third kappa shape index (κ3) is 3.17. The summed E-state index contributed by atoms with van der Waals surface area (Å²) in [5, 5.41) is 8.98. The molecule has 2 fully saturated rings. The van der Waals surface area contributed by atoms with E-state index in [1.165, 1.54) is 0 Å². The zero-order chi connectivity index (χ0) is 18.3. The summed E-state index contributed by atoms with van der Waals surface area (Å²) in [4.78, 5) is 12.5. The number of halogens is 1. The second kappa shape index (κ2) is 7.29. The number of rotatable bonds is 3. The lowest BCUT2D eigenvalue weighted by molar-refractivity contribution is -0.0367. The number of hydrogen-bond donors (Lipinski definition) is 2. The number of fused-ring (bicyclic) bond motifs is 1. The first-order valence-corrected chi connectivity index (χ1v) is 10.3. The number of nitrogens with zero attached hydrogens (tertiary/aromatic N) is 2. The number of aromatic nitrogens is 2. The number of carbonyl (C=O) groups is 1. The van der Waals surface area contributed by atoms with Crippen LogP contribution in [0.5, 0.6) is 0 Å². The Hall–Kier alpha value is -1.44. The summed E-state index contributed by atoms with van der Waals surface area (Å²) < 4.78 is 7.78. The van der Waals surface area contributed by atoms with Gasteiger partial charge in [0.05, 0.1) is 5.52 Å². The predicted molar refractivity (Wildman–Crippen MR) is 105 cm³/mol. The van der Waals surface area contributed by atoms with E-state index in [-0.39, 0.29) is 6.23 Å². The van der Waals surface area contributed by atoms with E-state index >= 15 is 0 Å². The molecule has 0 saturated carbocycles. The van der Waals surface area contributed by atoms with Crippen LogP contribution in [-0.4, -0.2) is 39.7 Å². The maximum atomic E-state index is 12.2. The van der Waals surface area contributed by atoms with Crippen molar-refractivity contribution in [2.75, 3.05) is 13.2 Å². The van der Waals surface area contributed by atoms with Crippen LogP contribution in [0.2, 0.25) is 0 Å². The van der Waals surface area contributed by atoms with Crippen LogP contribution >= 0.6 is 15.9 Å². The Morgan fingerprint density at radius 3 is 3.00 bits per heavy atom. The van der Waals surface area contributed by atoms with Crippen LogP contribution in [0.25, 0.3) is 10.9 Å². The molecule has 3 heterocycles. The van der Waals surface area contributed by atoms with Gasteiger partial charge in [0.2, 0.25) is 0 Å². The number of alkyl halides is 1. The number of hydrogen-bond acceptors (Lipinski definition) is 4. The van der Waals surface area contributed by atoms with Crippen LogP contribution < -0.4 is 11.1 Å². The molecule has 0 spiro atoms. The molecule has 4 unspecified atom stereocenters. The van der Waals surface area contributed by atoms with Gasteiger partial charge in [-0.2, -0.15) is 5.10 Å². The Kier molecular flexibility index (Phi) is 5.03. The molecule has 1 aromatic heterocycles. The minimum absolute atomic E-state index is 0.124. The maximum absolute atomic E-state index is 12.2. The van der Waals surface area contributed by atoms with Crippen LogP contribution in [0.15, 0.2) is 18.2 Å². The van der Waals surface area contributed by atoms with E-state index in [0.717, 1.165) is 55.3 Å². The van der Waals surface area contributed by atoms with E-state index in [0.29, 0.717) is 22.5 Å². The van der Waals surface area contributed by atoms with Crippen molar-refractivity contribution in [3.05, 3.63) is 29.5 Å². The molecule has 0 radical (unpaired) electrons. The predicted octanol–water partition coefficient (Wildman–Crippen LogP) is 3.06. The van der Waals surface area contributed by atoms with Crippen LogP contribution in [-0.2, 0) is 4.74 Å². The highest BCUT2D eigenvalue weighted by Gasteiger charge is 2.32. The fourth-order valence-electron chi connectivity index (χ4n) is 4.23. The summed E-state index contributed by atoms with van der Waals surface area (Å²) in [5.74, 6) is -0.178. The molecule has 0 bridgehead atoms. The van der Waals surface area contributed by atoms with Crippen molar-refractivity contribution in [3.63, 3.8) is 0 Å². The highest BCUT2D eigenvalue weighted by molar-refractivity contribution is 9.09. The minimum Gasteiger partial charge on any atom is -0.364 e. The second-order valence-electron chi connectivity index (χ2n) is 7.39. The van der Waals surface area contributed by atoms with Crippen LogP contribution in [0.4, 0.5) is 0 Å². The third-order valence-electron chi connectivity index (χ3n) is 5.53. The molecule has 7 heteroatoms. The average Bonchev–Trinajstić information content (AvgIpc) is 3.04. The molecule has 1 aromatic carbocycles. The number of carbonyl (C=O) groups excluding carboxylic acids is 1. The Balaban J connectivity index is 1.86. The first-order valence-electron chi connectivity index (χ1n) is 9.36. The Morgan fingerprint density at radius 1 is 1.42 bits per heavy atom. The molecule has 2 aliphatic heterocycles. The number of nitrogens with two attached hydrogens (primary N) is 1. The molecular formula is C19H25BrN4O2. The van der Waals surface area contributed by atoms with Gasteiger partial charge in [-0.15, -0.1) is 0 Å². The van der Waals surface area contributed by atoms with Gasteiger partial charge in [-0.25, -0.2) is 4.68 Å². The maximum Gasteiger partial charge on any atom is 0.269 e. The zero-order valence-corrected chi connectivity index (χ0v) is 16.5. The van der Waals surface area contributed by atoms with Gasteiger partial charge in [0, 0.05) is 29.4 Å². The second-order valence-corrected chi connectivity index (χ2v) is 8.56. The smallest absolute Gasteiger partial charge is 0.269 e. The van der Waals surface area contributed by atoms with E-state index in [9.17, 15) is 4.79 Å². The van der Waals surface area contributed by atoms with E-state index in [1.54, 1.807) is 0 Å². The van der Waals surface area contributed by atoms with E-state index in [4.69, 9.17) is 10.5 Å². The third-order valence-corrected chi connectivity index (χ3v) is 6.49. The number of nitrogens with one attached hydrogen (secondary N) is 1. The molecule has 0 aliphatic carbocycles. The molecule has 140 valence electrons. The van der Waals surface area contributed by atoms with Gasteiger partial charge >= 0.3 is 0 Å². The van der Waals surface area contributed by atoms with Gasteiger partial charge in [0.25, 0.3) is 5.91 Å². The number of ether oxygens (including phenoxy) is 1. The largest absolute Gasteiger partial charge is 0.364 e. The number of piperidine rings is 1. The van der Waals surface area contributed by atoms with Crippen molar-refractivity contribution in [1.29, 1.82) is 0 Å². The van der Waals surface area contributed by atoms with Gasteiger partial charge in [-0.1, -0.05) is 28.1 Å². The first-order chi connectivity index (χ1) is 12.6. The van der Waals surface area contributed by atoms with Crippen molar-refractivity contribution >= 4 is 32.7 Å². The summed E-state index contributed by atoms with van der Waals surface area (Å²) in [6, 6.07) is 6.61. The van der Waals surface area contributed by atoms with Gasteiger partial charge < -0.3 is 15.8 Å². The lowest BCUT2D eigenvalue weighted by Crippen LogP contribution is -2.41. The lowest BCUT2D eigenvalue weighted by atomic mass is 9.84. The Morgan fingerprint density at radius 2 is 2.27 bits per heavy atom. The van der Waals surface area contributed by atoms with E-state index < -0.39 is 5.91 Å². The highest BCUT2D eigenvalue weighted by Crippen LogP contribution is 2.38. The van der Waals surface area contributed by atoms with Gasteiger partial charge in [0.15, 0.2) is 11.9 Å². The molecule has 4 rings (SSSR count). The van der Waals surface area contributed by atoms with E-state index in [2.05, 4.69) is 45.4 Å². The highest BCUT2D eigenvalue weighted by atomic mass is 79.9. The molecule has 4 atom stereocenters. The lowest BCUT2D eigenvalue weighted by Gasteiger charge is -2.33. The van der Waals surface area contributed by atoms with Crippen LogP contribution in [0.1, 0.15) is 60.8 Å². The monoisotopic (exact) mass is 420 g/mol. The van der Waals surface area contributed by atoms with Gasteiger partial charge in [-0.05, 0) is 50.2 Å². The zero-order valence-electron chi connectivity index (χ0n) is 15.0. The summed E-state index contributed by atoms with van der Waals surface area (Å²) in [7, 11) is 0. The minimum atomic E-state index is -0.481. The number of primary amides is 1. The molecule has 2 saturated heterocycles.